The van der Waals surface area contributed by atoms with Crippen LogP contribution in [0.4, 0.5) is 21.6 Å². The second-order valence-corrected chi connectivity index (χ2v) is 8.25. The molecule has 2 heterocycles. The van der Waals surface area contributed by atoms with Gasteiger partial charge in [0.2, 0.25) is 5.91 Å². The van der Waals surface area contributed by atoms with Gasteiger partial charge in [-0.05, 0) is 87.4 Å². The fourth-order valence-electron chi connectivity index (χ4n) is 4.23. The summed E-state index contributed by atoms with van der Waals surface area (Å²) >= 11 is 0. The van der Waals surface area contributed by atoms with Gasteiger partial charge in [0, 0.05) is 49.0 Å². The van der Waals surface area contributed by atoms with Crippen molar-refractivity contribution in [2.24, 2.45) is 5.92 Å². The predicted octanol–water partition coefficient (Wildman–Crippen LogP) is 4.98. The number of carbonyl (C=O) groups excluding carboxylic acids is 1. The molecular weight excluding hydrogens is 417 g/mol. The van der Waals surface area contributed by atoms with Crippen LogP contribution in [0.25, 0.3) is 11.3 Å². The number of nitrogens with one attached hydrogen (secondary N) is 1. The van der Waals surface area contributed by atoms with Crippen molar-refractivity contribution < 1.29 is 9.18 Å². The van der Waals surface area contributed by atoms with E-state index in [4.69, 9.17) is 0 Å². The maximum atomic E-state index is 13.1. The third kappa shape index (κ3) is 5.48. The van der Waals surface area contributed by atoms with Gasteiger partial charge in [0.15, 0.2) is 5.82 Å². The minimum atomic E-state index is -0.271. The summed E-state index contributed by atoms with van der Waals surface area (Å²) in [4.78, 5) is 17.2. The average molecular weight is 448 g/mol. The van der Waals surface area contributed by atoms with Crippen LogP contribution < -0.4 is 15.1 Å². The van der Waals surface area contributed by atoms with Gasteiger partial charge in [-0.3, -0.25) is 4.79 Å². The van der Waals surface area contributed by atoms with Crippen LogP contribution in [-0.4, -0.2) is 42.3 Å². The third-order valence-corrected chi connectivity index (χ3v) is 6.24. The van der Waals surface area contributed by atoms with E-state index in [2.05, 4.69) is 51.3 Å². The molecule has 1 aliphatic heterocycles. The number of carbonyl (C=O) groups is 1. The van der Waals surface area contributed by atoms with Crippen molar-refractivity contribution in [3.05, 3.63) is 66.5 Å². The zero-order valence-corrected chi connectivity index (χ0v) is 19.2. The van der Waals surface area contributed by atoms with Gasteiger partial charge < -0.3 is 15.1 Å². The molecule has 0 atom stereocenters. The molecule has 0 spiro atoms. The molecule has 33 heavy (non-hydrogen) atoms. The lowest BCUT2D eigenvalue weighted by atomic mass is 9.95. The van der Waals surface area contributed by atoms with Gasteiger partial charge in [0.1, 0.15) is 5.82 Å². The van der Waals surface area contributed by atoms with E-state index in [1.54, 1.807) is 12.1 Å². The van der Waals surface area contributed by atoms with E-state index in [0.717, 1.165) is 61.8 Å². The van der Waals surface area contributed by atoms with Crippen LogP contribution in [0.1, 0.15) is 26.7 Å². The topological polar surface area (TPSA) is 61.4 Å². The van der Waals surface area contributed by atoms with Crippen molar-refractivity contribution in [3.8, 4) is 11.3 Å². The van der Waals surface area contributed by atoms with Gasteiger partial charge in [-0.1, -0.05) is 0 Å². The number of piperidine rings is 1. The first-order chi connectivity index (χ1) is 16.1. The maximum Gasteiger partial charge on any atom is 0.227 e. The van der Waals surface area contributed by atoms with E-state index in [1.807, 2.05) is 24.3 Å². The number of benzene rings is 2. The summed E-state index contributed by atoms with van der Waals surface area (Å²) < 4.78 is 13.1. The number of rotatable bonds is 7. The molecule has 1 saturated heterocycles. The molecule has 3 aromatic rings. The SMILES string of the molecule is CCN(CC)c1ccc(NC(=O)C2CCN(c3ccc(-c4ccc(F)cc4)nn3)CC2)cc1. The zero-order valence-electron chi connectivity index (χ0n) is 19.2. The van der Waals surface area contributed by atoms with Crippen molar-refractivity contribution in [2.75, 3.05) is 41.3 Å². The minimum absolute atomic E-state index is 0.0184. The summed E-state index contributed by atoms with van der Waals surface area (Å²) in [5.74, 6) is 0.580. The van der Waals surface area contributed by atoms with Gasteiger partial charge in [-0.15, -0.1) is 10.2 Å². The maximum absolute atomic E-state index is 13.1. The molecule has 1 fully saturated rings. The van der Waals surface area contributed by atoms with Crippen LogP contribution in [0.3, 0.4) is 0 Å². The lowest BCUT2D eigenvalue weighted by molar-refractivity contribution is -0.120. The van der Waals surface area contributed by atoms with E-state index in [9.17, 15) is 9.18 Å². The monoisotopic (exact) mass is 447 g/mol. The normalized spacial score (nSPS) is 14.2. The van der Waals surface area contributed by atoms with E-state index in [0.29, 0.717) is 5.69 Å². The second-order valence-electron chi connectivity index (χ2n) is 8.25. The van der Waals surface area contributed by atoms with E-state index < -0.39 is 0 Å². The van der Waals surface area contributed by atoms with Crippen LogP contribution in [0.2, 0.25) is 0 Å². The first kappa shape index (κ1) is 22.7. The molecular formula is C26H30FN5O. The Labute approximate surface area is 194 Å². The number of amides is 1. The number of aromatic nitrogens is 2. The second kappa shape index (κ2) is 10.4. The molecule has 0 aliphatic carbocycles. The van der Waals surface area contributed by atoms with Crippen LogP contribution >= 0.6 is 0 Å². The molecule has 7 heteroatoms. The summed E-state index contributed by atoms with van der Waals surface area (Å²) in [7, 11) is 0. The Hall–Kier alpha value is -3.48. The summed E-state index contributed by atoms with van der Waals surface area (Å²) in [5, 5.41) is 11.7. The van der Waals surface area contributed by atoms with E-state index in [-0.39, 0.29) is 17.6 Å². The first-order valence-corrected chi connectivity index (χ1v) is 11.6. The zero-order chi connectivity index (χ0) is 23.2. The van der Waals surface area contributed by atoms with Gasteiger partial charge in [0.05, 0.1) is 5.69 Å². The molecule has 0 saturated carbocycles. The highest BCUT2D eigenvalue weighted by molar-refractivity contribution is 5.92. The number of nitrogens with zero attached hydrogens (tertiary/aromatic N) is 4. The fourth-order valence-corrected chi connectivity index (χ4v) is 4.23. The highest BCUT2D eigenvalue weighted by atomic mass is 19.1. The summed E-state index contributed by atoms with van der Waals surface area (Å²) in [6.07, 6.45) is 1.54. The van der Waals surface area contributed by atoms with E-state index in [1.165, 1.54) is 12.1 Å². The molecule has 0 unspecified atom stereocenters. The van der Waals surface area contributed by atoms with Crippen LogP contribution in [-0.2, 0) is 4.79 Å². The van der Waals surface area contributed by atoms with Gasteiger partial charge >= 0.3 is 0 Å². The molecule has 6 nitrogen and oxygen atoms in total. The number of hydrogen-bond acceptors (Lipinski definition) is 5. The Morgan fingerprint density at radius 1 is 0.970 bits per heavy atom. The molecule has 1 aliphatic rings. The van der Waals surface area contributed by atoms with Gasteiger partial charge in [-0.25, -0.2) is 4.39 Å². The molecule has 1 amide bonds. The van der Waals surface area contributed by atoms with Crippen molar-refractivity contribution in [1.29, 1.82) is 0 Å². The number of anilines is 3. The molecule has 0 radical (unpaired) electrons. The molecule has 2 aromatic carbocycles. The van der Waals surface area contributed by atoms with E-state index >= 15 is 0 Å². The standard InChI is InChI=1S/C26H30FN5O/c1-3-31(4-2)23-11-9-22(10-12-23)28-26(33)20-15-17-32(18-16-20)25-14-13-24(29-30-25)19-5-7-21(27)8-6-19/h5-14,20H,3-4,15-18H2,1-2H3,(H,28,33). The number of halogens is 1. The van der Waals surface area contributed by atoms with Crippen molar-refractivity contribution >= 4 is 23.1 Å². The Morgan fingerprint density at radius 2 is 1.64 bits per heavy atom. The highest BCUT2D eigenvalue weighted by Gasteiger charge is 2.26. The lowest BCUT2D eigenvalue weighted by Crippen LogP contribution is -2.38. The average Bonchev–Trinajstić information content (AvgIpc) is 2.86. The molecule has 0 bridgehead atoms. The van der Waals surface area contributed by atoms with Crippen molar-refractivity contribution in [2.45, 2.75) is 26.7 Å². The Kier molecular flexibility index (Phi) is 7.17. The summed E-state index contributed by atoms with van der Waals surface area (Å²) in [5.41, 5.74) is 3.54. The van der Waals surface area contributed by atoms with Crippen LogP contribution in [0.15, 0.2) is 60.7 Å². The molecule has 1 aromatic heterocycles. The molecule has 4 rings (SSSR count). The number of hydrogen-bond donors (Lipinski definition) is 1. The van der Waals surface area contributed by atoms with Crippen molar-refractivity contribution in [3.63, 3.8) is 0 Å². The summed E-state index contributed by atoms with van der Waals surface area (Å²) in [6, 6.07) is 18.1. The molecule has 172 valence electrons. The minimum Gasteiger partial charge on any atom is -0.372 e. The van der Waals surface area contributed by atoms with Crippen LogP contribution in [0.5, 0.6) is 0 Å². The Bertz CT molecular complexity index is 1040. The van der Waals surface area contributed by atoms with Gasteiger partial charge in [0.25, 0.3) is 0 Å². The highest BCUT2D eigenvalue weighted by Crippen LogP contribution is 2.25. The predicted molar refractivity (Wildman–Crippen MR) is 131 cm³/mol. The summed E-state index contributed by atoms with van der Waals surface area (Å²) in [6.45, 7) is 7.70. The quantitative estimate of drug-likeness (QED) is 0.553. The first-order valence-electron chi connectivity index (χ1n) is 11.6. The lowest BCUT2D eigenvalue weighted by Gasteiger charge is -2.31. The van der Waals surface area contributed by atoms with Gasteiger partial charge in [-0.2, -0.15) is 0 Å². The smallest absolute Gasteiger partial charge is 0.227 e. The van der Waals surface area contributed by atoms with Crippen LogP contribution in [0, 0.1) is 11.7 Å². The third-order valence-electron chi connectivity index (χ3n) is 6.24. The molecule has 1 N–H and O–H groups in total. The Balaban J connectivity index is 1.30. The Morgan fingerprint density at radius 3 is 2.21 bits per heavy atom. The largest absolute Gasteiger partial charge is 0.372 e. The fraction of sp³-hybridized carbons (Fsp3) is 0.346. The van der Waals surface area contributed by atoms with Crippen molar-refractivity contribution in [1.82, 2.24) is 10.2 Å².